The Kier molecular flexibility index (Phi) is 8.80. The highest BCUT2D eigenvalue weighted by atomic mass is 127. The van der Waals surface area contributed by atoms with E-state index in [4.69, 9.17) is 0 Å². The number of halogens is 1. The van der Waals surface area contributed by atoms with Crippen molar-refractivity contribution in [1.82, 2.24) is 20.1 Å². The zero-order valence-electron chi connectivity index (χ0n) is 18.9. The van der Waals surface area contributed by atoms with Crippen LogP contribution in [0.1, 0.15) is 5.56 Å². The van der Waals surface area contributed by atoms with Crippen molar-refractivity contribution >= 4 is 41.4 Å². The minimum Gasteiger partial charge on any atom is -0.506 e. The van der Waals surface area contributed by atoms with Crippen molar-refractivity contribution in [3.05, 3.63) is 48.2 Å². The third-order valence-corrected chi connectivity index (χ3v) is 6.10. The molecular formula is C23H34IN7O. The van der Waals surface area contributed by atoms with Gasteiger partial charge in [-0.1, -0.05) is 18.2 Å². The van der Waals surface area contributed by atoms with Crippen molar-refractivity contribution in [2.24, 2.45) is 4.99 Å². The molecule has 0 radical (unpaired) electrons. The van der Waals surface area contributed by atoms with Crippen molar-refractivity contribution < 1.29 is 5.11 Å². The molecule has 2 fully saturated rings. The Morgan fingerprint density at radius 3 is 2.28 bits per heavy atom. The predicted octanol–water partition coefficient (Wildman–Crippen LogP) is 2.05. The predicted molar refractivity (Wildman–Crippen MR) is 141 cm³/mol. The number of aromatic hydroxyl groups is 1. The number of aliphatic imine (C=N–C) groups is 1. The summed E-state index contributed by atoms with van der Waals surface area (Å²) in [6, 6.07) is 11.8. The van der Waals surface area contributed by atoms with Gasteiger partial charge < -0.3 is 30.0 Å². The lowest BCUT2D eigenvalue weighted by Gasteiger charge is -2.37. The molecule has 8 nitrogen and oxygen atoms in total. The van der Waals surface area contributed by atoms with Crippen LogP contribution in [-0.2, 0) is 6.54 Å². The van der Waals surface area contributed by atoms with Gasteiger partial charge in [-0.25, -0.2) is 4.98 Å². The standard InChI is InChI=1S/C23H33N7O.HI/c1-24-23(30-15-13-28(14-16-30)20-5-3-4-6-21(20)31)26-18-19-7-8-22(25-17-19)29-11-9-27(2)10-12-29;/h3-8,17,31H,9-16,18H2,1-2H3,(H,24,26);1H. The topological polar surface area (TPSA) is 70.5 Å². The van der Waals surface area contributed by atoms with Crippen LogP contribution in [-0.4, -0.2) is 92.3 Å². The molecule has 9 heteroatoms. The van der Waals surface area contributed by atoms with Crippen LogP contribution < -0.4 is 15.1 Å². The molecule has 2 saturated heterocycles. The summed E-state index contributed by atoms with van der Waals surface area (Å²) in [4.78, 5) is 18.3. The number of piperazine rings is 2. The minimum absolute atomic E-state index is 0. The van der Waals surface area contributed by atoms with Crippen molar-refractivity contribution in [2.45, 2.75) is 6.54 Å². The van der Waals surface area contributed by atoms with Crippen molar-refractivity contribution in [2.75, 3.05) is 76.3 Å². The molecule has 2 N–H and O–H groups in total. The highest BCUT2D eigenvalue weighted by Gasteiger charge is 2.21. The molecule has 174 valence electrons. The third kappa shape index (κ3) is 5.94. The van der Waals surface area contributed by atoms with Gasteiger partial charge in [-0.05, 0) is 30.8 Å². The molecule has 1 aromatic carbocycles. The second kappa shape index (κ2) is 11.6. The number of nitrogens with zero attached hydrogens (tertiary/aromatic N) is 6. The van der Waals surface area contributed by atoms with E-state index in [0.717, 1.165) is 75.4 Å². The van der Waals surface area contributed by atoms with E-state index >= 15 is 0 Å². The average Bonchev–Trinajstić information content (AvgIpc) is 2.81. The number of para-hydroxylation sites is 2. The number of benzene rings is 1. The van der Waals surface area contributed by atoms with E-state index in [2.05, 4.69) is 54.1 Å². The summed E-state index contributed by atoms with van der Waals surface area (Å²) in [5, 5.41) is 13.6. The molecule has 0 saturated carbocycles. The Labute approximate surface area is 207 Å². The number of rotatable bonds is 4. The van der Waals surface area contributed by atoms with Crippen LogP contribution in [0, 0.1) is 0 Å². The number of phenolic OH excluding ortho intramolecular Hbond substituents is 1. The van der Waals surface area contributed by atoms with Gasteiger partial charge in [-0.15, -0.1) is 24.0 Å². The Hall–Kier alpha value is -2.27. The SMILES string of the molecule is CN=C(NCc1ccc(N2CCN(C)CC2)nc1)N1CCN(c2ccccc2O)CC1.I. The molecule has 0 unspecified atom stereocenters. The first-order chi connectivity index (χ1) is 15.1. The molecule has 1 aromatic heterocycles. The molecule has 4 rings (SSSR count). The van der Waals surface area contributed by atoms with Crippen LogP contribution >= 0.6 is 24.0 Å². The number of hydrogen-bond donors (Lipinski definition) is 2. The molecule has 0 bridgehead atoms. The minimum atomic E-state index is 0. The Morgan fingerprint density at radius 2 is 1.66 bits per heavy atom. The molecule has 2 aromatic rings. The summed E-state index contributed by atoms with van der Waals surface area (Å²) in [6.45, 7) is 8.32. The Morgan fingerprint density at radius 1 is 0.969 bits per heavy atom. The Bertz CT molecular complexity index is 876. The fourth-order valence-corrected chi connectivity index (χ4v) is 4.15. The van der Waals surface area contributed by atoms with Crippen molar-refractivity contribution in [3.8, 4) is 5.75 Å². The van der Waals surface area contributed by atoms with Gasteiger partial charge in [0, 0.05) is 72.1 Å². The number of guanidine groups is 1. The molecule has 0 aliphatic carbocycles. The lowest BCUT2D eigenvalue weighted by atomic mass is 10.2. The Balaban J connectivity index is 0.00000289. The van der Waals surface area contributed by atoms with E-state index in [1.54, 1.807) is 6.07 Å². The van der Waals surface area contributed by atoms with Crippen LogP contribution in [0.2, 0.25) is 0 Å². The molecule has 32 heavy (non-hydrogen) atoms. The van der Waals surface area contributed by atoms with E-state index in [-0.39, 0.29) is 24.0 Å². The smallest absolute Gasteiger partial charge is 0.194 e. The van der Waals surface area contributed by atoms with Gasteiger partial charge in [0.2, 0.25) is 0 Å². The summed E-state index contributed by atoms with van der Waals surface area (Å²) in [6.07, 6.45) is 1.96. The first-order valence-corrected chi connectivity index (χ1v) is 11.0. The second-order valence-corrected chi connectivity index (χ2v) is 8.18. The number of hydrogen-bond acceptors (Lipinski definition) is 6. The van der Waals surface area contributed by atoms with Gasteiger partial charge in [0.1, 0.15) is 11.6 Å². The molecule has 0 atom stereocenters. The summed E-state index contributed by atoms with van der Waals surface area (Å²) >= 11 is 0. The van der Waals surface area contributed by atoms with Crippen LogP contribution in [0.4, 0.5) is 11.5 Å². The normalized spacial score (nSPS) is 17.8. The molecule has 2 aliphatic rings. The lowest BCUT2D eigenvalue weighted by molar-refractivity contribution is 0.312. The summed E-state index contributed by atoms with van der Waals surface area (Å²) in [5.74, 6) is 2.30. The quantitative estimate of drug-likeness (QED) is 0.343. The molecule has 3 heterocycles. The van der Waals surface area contributed by atoms with Crippen molar-refractivity contribution in [1.29, 1.82) is 0 Å². The molecular weight excluding hydrogens is 517 g/mol. The lowest BCUT2D eigenvalue weighted by Crippen LogP contribution is -2.52. The second-order valence-electron chi connectivity index (χ2n) is 8.18. The van der Waals surface area contributed by atoms with Gasteiger partial charge in [-0.3, -0.25) is 4.99 Å². The molecule has 0 spiro atoms. The highest BCUT2D eigenvalue weighted by molar-refractivity contribution is 14.0. The zero-order chi connectivity index (χ0) is 21.6. The molecule has 2 aliphatic heterocycles. The average molecular weight is 551 g/mol. The number of anilines is 2. The van der Waals surface area contributed by atoms with Crippen LogP contribution in [0.25, 0.3) is 0 Å². The molecule has 0 amide bonds. The zero-order valence-corrected chi connectivity index (χ0v) is 21.3. The first-order valence-electron chi connectivity index (χ1n) is 11.0. The fourth-order valence-electron chi connectivity index (χ4n) is 4.15. The van der Waals surface area contributed by atoms with Gasteiger partial charge in [-0.2, -0.15) is 0 Å². The van der Waals surface area contributed by atoms with Gasteiger partial charge in [0.05, 0.1) is 5.69 Å². The number of nitrogens with one attached hydrogen (secondary N) is 1. The number of pyridine rings is 1. The fraction of sp³-hybridized carbons (Fsp3) is 0.478. The maximum atomic E-state index is 10.1. The van der Waals surface area contributed by atoms with Gasteiger partial charge in [0.15, 0.2) is 5.96 Å². The van der Waals surface area contributed by atoms with Gasteiger partial charge in [0.25, 0.3) is 0 Å². The highest BCUT2D eigenvalue weighted by Crippen LogP contribution is 2.27. The monoisotopic (exact) mass is 551 g/mol. The van der Waals surface area contributed by atoms with E-state index in [1.807, 2.05) is 31.4 Å². The largest absolute Gasteiger partial charge is 0.506 e. The van der Waals surface area contributed by atoms with Crippen molar-refractivity contribution in [3.63, 3.8) is 0 Å². The first kappa shape index (κ1) is 24.4. The number of likely N-dealkylation sites (N-methyl/N-ethyl adjacent to an activating group) is 1. The maximum Gasteiger partial charge on any atom is 0.194 e. The summed E-state index contributed by atoms with van der Waals surface area (Å²) in [7, 11) is 3.99. The van der Waals surface area contributed by atoms with Gasteiger partial charge >= 0.3 is 0 Å². The van der Waals surface area contributed by atoms with E-state index in [1.165, 1.54) is 0 Å². The summed E-state index contributed by atoms with van der Waals surface area (Å²) in [5.41, 5.74) is 2.04. The number of aromatic nitrogens is 1. The van der Waals surface area contributed by atoms with E-state index < -0.39 is 0 Å². The number of phenols is 1. The van der Waals surface area contributed by atoms with E-state index in [0.29, 0.717) is 12.3 Å². The van der Waals surface area contributed by atoms with E-state index in [9.17, 15) is 5.11 Å². The third-order valence-electron chi connectivity index (χ3n) is 6.10. The van der Waals surface area contributed by atoms with Crippen LogP contribution in [0.5, 0.6) is 5.75 Å². The van der Waals surface area contributed by atoms with Crippen LogP contribution in [0.3, 0.4) is 0 Å². The summed E-state index contributed by atoms with van der Waals surface area (Å²) < 4.78 is 0. The maximum absolute atomic E-state index is 10.1. The van der Waals surface area contributed by atoms with Crippen LogP contribution in [0.15, 0.2) is 47.6 Å².